The second-order valence-corrected chi connectivity index (χ2v) is 10.8. The molecule has 0 spiro atoms. The van der Waals surface area contributed by atoms with Gasteiger partial charge in [-0.15, -0.1) is 28.1 Å². The van der Waals surface area contributed by atoms with Crippen LogP contribution in [0.5, 0.6) is 0 Å². The molecule has 9 heteroatoms. The highest BCUT2D eigenvalue weighted by molar-refractivity contribution is 7.99. The van der Waals surface area contributed by atoms with Gasteiger partial charge in [-0.05, 0) is 43.4 Å². The van der Waals surface area contributed by atoms with Gasteiger partial charge in [0.15, 0.2) is 11.0 Å². The molecule has 2 aromatic heterocycles. The lowest BCUT2D eigenvalue weighted by Gasteiger charge is -2.14. The standard InChI is InChI=1S/C26H30N6OS2/c1-4-14-32-24(18-10-9-11-19(15-18)31(2)3)29-30-26(32)34-17-23(33)28-25-21(16-27)20-12-7-5-6-8-13-22(20)35-25/h4,9-11,15H,1,5-8,12-14,17H2,2-3H3,(H,28,33). The van der Waals surface area contributed by atoms with Gasteiger partial charge in [0, 0.05) is 36.8 Å². The van der Waals surface area contributed by atoms with E-state index in [9.17, 15) is 10.1 Å². The van der Waals surface area contributed by atoms with Crippen molar-refractivity contribution in [1.29, 1.82) is 5.26 Å². The number of amides is 1. The predicted octanol–water partition coefficient (Wildman–Crippen LogP) is 5.52. The summed E-state index contributed by atoms with van der Waals surface area (Å²) in [6.07, 6.45) is 8.37. The number of carbonyl (C=O) groups excluding carboxylic acids is 1. The SMILES string of the molecule is C=CCn1c(SCC(=O)Nc2sc3c(c2C#N)CCCCCC3)nnc1-c1cccc(N(C)C)c1. The fraction of sp³-hybridized carbons (Fsp3) is 0.385. The third-order valence-electron chi connectivity index (χ3n) is 6.02. The smallest absolute Gasteiger partial charge is 0.235 e. The number of allylic oxidation sites excluding steroid dienone is 1. The maximum absolute atomic E-state index is 12.9. The van der Waals surface area contributed by atoms with Crippen LogP contribution in [0.25, 0.3) is 11.4 Å². The molecule has 3 aromatic rings. The number of aromatic nitrogens is 3. The highest BCUT2D eigenvalue weighted by atomic mass is 32.2. The summed E-state index contributed by atoms with van der Waals surface area (Å²) in [6, 6.07) is 10.4. The van der Waals surface area contributed by atoms with E-state index in [2.05, 4.69) is 34.2 Å². The van der Waals surface area contributed by atoms with Crippen molar-refractivity contribution in [2.75, 3.05) is 30.1 Å². The van der Waals surface area contributed by atoms with Crippen LogP contribution >= 0.6 is 23.1 Å². The van der Waals surface area contributed by atoms with E-state index in [4.69, 9.17) is 0 Å². The first-order valence-corrected chi connectivity index (χ1v) is 13.6. The summed E-state index contributed by atoms with van der Waals surface area (Å²) in [5, 5.41) is 22.9. The summed E-state index contributed by atoms with van der Waals surface area (Å²) in [7, 11) is 4.00. The first kappa shape index (κ1) is 25.0. The van der Waals surface area contributed by atoms with Crippen LogP contribution in [0, 0.1) is 11.3 Å². The third-order valence-corrected chi connectivity index (χ3v) is 8.19. The van der Waals surface area contributed by atoms with Crippen LogP contribution in [0.2, 0.25) is 0 Å². The monoisotopic (exact) mass is 506 g/mol. The Kier molecular flexibility index (Phi) is 8.26. The number of nitrogens with one attached hydrogen (secondary N) is 1. The molecule has 1 amide bonds. The van der Waals surface area contributed by atoms with Gasteiger partial charge >= 0.3 is 0 Å². The van der Waals surface area contributed by atoms with E-state index in [0.29, 0.717) is 22.3 Å². The quantitative estimate of drug-likeness (QED) is 0.320. The number of benzene rings is 1. The summed E-state index contributed by atoms with van der Waals surface area (Å²) in [5.41, 5.74) is 3.80. The number of hydrogen-bond donors (Lipinski definition) is 1. The molecule has 7 nitrogen and oxygen atoms in total. The second-order valence-electron chi connectivity index (χ2n) is 8.72. The zero-order chi connectivity index (χ0) is 24.8. The van der Waals surface area contributed by atoms with Crippen LogP contribution in [0.3, 0.4) is 0 Å². The van der Waals surface area contributed by atoms with Gasteiger partial charge in [-0.1, -0.05) is 42.8 Å². The Balaban J connectivity index is 1.49. The number of fused-ring (bicyclic) bond motifs is 1. The minimum atomic E-state index is -0.148. The number of hydrogen-bond acceptors (Lipinski definition) is 7. The first-order valence-electron chi connectivity index (χ1n) is 11.8. The molecule has 2 heterocycles. The fourth-order valence-corrected chi connectivity index (χ4v) is 6.25. The second kappa shape index (κ2) is 11.6. The Morgan fingerprint density at radius 2 is 2.09 bits per heavy atom. The Labute approximate surface area is 214 Å². The molecule has 0 atom stereocenters. The number of nitriles is 1. The number of anilines is 2. The fourth-order valence-electron chi connectivity index (χ4n) is 4.24. The number of thioether (sulfide) groups is 1. The number of nitrogens with zero attached hydrogens (tertiary/aromatic N) is 5. The van der Waals surface area contributed by atoms with Crippen LogP contribution in [-0.4, -0.2) is 40.5 Å². The lowest BCUT2D eigenvalue weighted by molar-refractivity contribution is -0.113. The lowest BCUT2D eigenvalue weighted by Crippen LogP contribution is -2.14. The van der Waals surface area contributed by atoms with Crippen LogP contribution < -0.4 is 10.2 Å². The Bertz CT molecular complexity index is 1250. The molecule has 1 aliphatic rings. The normalized spacial score (nSPS) is 13.3. The molecule has 35 heavy (non-hydrogen) atoms. The molecule has 0 fully saturated rings. The highest BCUT2D eigenvalue weighted by Gasteiger charge is 2.21. The van der Waals surface area contributed by atoms with Gasteiger partial charge in [0.1, 0.15) is 11.1 Å². The zero-order valence-electron chi connectivity index (χ0n) is 20.2. The number of carbonyl (C=O) groups is 1. The molecule has 0 radical (unpaired) electrons. The van der Waals surface area contributed by atoms with Crippen molar-refractivity contribution >= 4 is 39.7 Å². The van der Waals surface area contributed by atoms with Gasteiger partial charge < -0.3 is 10.2 Å². The van der Waals surface area contributed by atoms with E-state index < -0.39 is 0 Å². The van der Waals surface area contributed by atoms with Crippen molar-refractivity contribution in [3.05, 3.63) is 52.9 Å². The van der Waals surface area contributed by atoms with Crippen molar-refractivity contribution in [1.82, 2.24) is 14.8 Å². The molecule has 1 aliphatic carbocycles. The lowest BCUT2D eigenvalue weighted by atomic mass is 9.97. The van der Waals surface area contributed by atoms with Crippen LogP contribution in [0.1, 0.15) is 41.7 Å². The molecule has 1 N–H and O–H groups in total. The molecule has 0 aliphatic heterocycles. The molecule has 0 unspecified atom stereocenters. The Morgan fingerprint density at radius 3 is 2.83 bits per heavy atom. The average molecular weight is 507 g/mol. The van der Waals surface area contributed by atoms with E-state index in [1.165, 1.54) is 29.5 Å². The molecule has 0 saturated heterocycles. The largest absolute Gasteiger partial charge is 0.378 e. The van der Waals surface area contributed by atoms with Crippen LogP contribution in [0.15, 0.2) is 42.1 Å². The topological polar surface area (TPSA) is 86.8 Å². The van der Waals surface area contributed by atoms with Crippen molar-refractivity contribution in [2.24, 2.45) is 0 Å². The van der Waals surface area contributed by atoms with Gasteiger partial charge in [0.25, 0.3) is 0 Å². The van der Waals surface area contributed by atoms with Gasteiger partial charge in [-0.3, -0.25) is 9.36 Å². The van der Waals surface area contributed by atoms with Crippen LogP contribution in [0.4, 0.5) is 10.7 Å². The van der Waals surface area contributed by atoms with Crippen molar-refractivity contribution < 1.29 is 4.79 Å². The summed E-state index contributed by atoms with van der Waals surface area (Å²) in [6.45, 7) is 4.41. The van der Waals surface area contributed by atoms with Gasteiger partial charge in [-0.25, -0.2) is 0 Å². The molecular weight excluding hydrogens is 476 g/mol. The van der Waals surface area contributed by atoms with E-state index in [-0.39, 0.29) is 11.7 Å². The number of aryl methyl sites for hydroxylation is 1. The maximum atomic E-state index is 12.9. The summed E-state index contributed by atoms with van der Waals surface area (Å²) in [4.78, 5) is 16.1. The van der Waals surface area contributed by atoms with Crippen molar-refractivity contribution in [3.8, 4) is 17.5 Å². The van der Waals surface area contributed by atoms with E-state index >= 15 is 0 Å². The van der Waals surface area contributed by atoms with E-state index in [1.807, 2.05) is 41.8 Å². The van der Waals surface area contributed by atoms with E-state index in [1.54, 1.807) is 17.4 Å². The summed E-state index contributed by atoms with van der Waals surface area (Å²) in [5.74, 6) is 0.770. The number of thiophene rings is 1. The van der Waals surface area contributed by atoms with Gasteiger partial charge in [0.2, 0.25) is 5.91 Å². The molecule has 0 bridgehead atoms. The molecular formula is C26H30N6OS2. The summed E-state index contributed by atoms with van der Waals surface area (Å²) < 4.78 is 1.97. The third kappa shape index (κ3) is 5.77. The molecule has 0 saturated carbocycles. The maximum Gasteiger partial charge on any atom is 0.235 e. The molecule has 1 aromatic carbocycles. The van der Waals surface area contributed by atoms with Gasteiger partial charge in [0.05, 0.1) is 11.3 Å². The number of rotatable bonds is 8. The zero-order valence-corrected chi connectivity index (χ0v) is 21.8. The molecule has 4 rings (SSSR count). The first-order chi connectivity index (χ1) is 17.0. The molecule has 182 valence electrons. The average Bonchev–Trinajstić information content (AvgIpc) is 3.38. The predicted molar refractivity (Wildman–Crippen MR) is 144 cm³/mol. The van der Waals surface area contributed by atoms with Crippen molar-refractivity contribution in [2.45, 2.75) is 50.2 Å². The minimum absolute atomic E-state index is 0.148. The minimum Gasteiger partial charge on any atom is -0.378 e. The Morgan fingerprint density at radius 1 is 1.29 bits per heavy atom. The van der Waals surface area contributed by atoms with Crippen LogP contribution in [-0.2, 0) is 24.2 Å². The summed E-state index contributed by atoms with van der Waals surface area (Å²) >= 11 is 2.90. The van der Waals surface area contributed by atoms with E-state index in [0.717, 1.165) is 48.3 Å². The Hall–Kier alpha value is -3.09. The highest BCUT2D eigenvalue weighted by Crippen LogP contribution is 2.37. The van der Waals surface area contributed by atoms with Crippen molar-refractivity contribution in [3.63, 3.8) is 0 Å². The van der Waals surface area contributed by atoms with Gasteiger partial charge in [-0.2, -0.15) is 5.26 Å².